The van der Waals surface area contributed by atoms with Crippen molar-refractivity contribution in [2.45, 2.75) is 19.4 Å². The fourth-order valence-corrected chi connectivity index (χ4v) is 1.85. The second-order valence-electron chi connectivity index (χ2n) is 4.52. The molecule has 0 radical (unpaired) electrons. The Kier molecular flexibility index (Phi) is 6.07. The molecule has 6 nitrogen and oxygen atoms in total. The second kappa shape index (κ2) is 7.33. The molecular formula is C12H23N3O3. The fraction of sp³-hybridized carbons (Fsp3) is 0.833. The van der Waals surface area contributed by atoms with Gasteiger partial charge in [-0.05, 0) is 6.92 Å². The quantitative estimate of drug-likeness (QED) is 0.639. The summed E-state index contributed by atoms with van der Waals surface area (Å²) in [4.78, 5) is 27.0. The van der Waals surface area contributed by atoms with Crippen LogP contribution in [0.1, 0.15) is 13.3 Å². The molecule has 1 saturated heterocycles. The van der Waals surface area contributed by atoms with Gasteiger partial charge in [0, 0.05) is 40.3 Å². The molecule has 18 heavy (non-hydrogen) atoms. The van der Waals surface area contributed by atoms with Gasteiger partial charge < -0.3 is 19.9 Å². The molecule has 0 spiro atoms. The minimum absolute atomic E-state index is 0.00356. The Labute approximate surface area is 108 Å². The van der Waals surface area contributed by atoms with E-state index >= 15 is 0 Å². The zero-order chi connectivity index (χ0) is 13.5. The molecule has 0 aromatic rings. The number of ether oxygens (including phenoxy) is 1. The summed E-state index contributed by atoms with van der Waals surface area (Å²) in [5.74, 6) is -0.0383. The first-order valence-corrected chi connectivity index (χ1v) is 6.36. The van der Waals surface area contributed by atoms with E-state index in [1.54, 1.807) is 19.0 Å². The van der Waals surface area contributed by atoms with Crippen molar-refractivity contribution < 1.29 is 14.3 Å². The van der Waals surface area contributed by atoms with Gasteiger partial charge in [0.05, 0.1) is 19.1 Å². The largest absolute Gasteiger partial charge is 0.380 e. The lowest BCUT2D eigenvalue weighted by molar-refractivity contribution is -0.140. The summed E-state index contributed by atoms with van der Waals surface area (Å²) in [7, 11) is 3.39. The summed E-state index contributed by atoms with van der Waals surface area (Å²) >= 11 is 0. The van der Waals surface area contributed by atoms with Gasteiger partial charge in [-0.1, -0.05) is 0 Å². The van der Waals surface area contributed by atoms with Gasteiger partial charge in [0.1, 0.15) is 0 Å². The normalized spacial score (nSPS) is 20.1. The molecule has 1 atom stereocenters. The van der Waals surface area contributed by atoms with Crippen LogP contribution >= 0.6 is 0 Å². The Morgan fingerprint density at radius 1 is 1.56 bits per heavy atom. The van der Waals surface area contributed by atoms with Crippen molar-refractivity contribution in [3.05, 3.63) is 0 Å². The third-order valence-electron chi connectivity index (χ3n) is 2.97. The average molecular weight is 257 g/mol. The van der Waals surface area contributed by atoms with E-state index in [0.29, 0.717) is 26.3 Å². The summed E-state index contributed by atoms with van der Waals surface area (Å²) in [5, 5.41) is 3.10. The molecule has 1 unspecified atom stereocenters. The monoisotopic (exact) mass is 257 g/mol. The Hall–Kier alpha value is -1.14. The summed E-state index contributed by atoms with van der Waals surface area (Å²) < 4.78 is 5.25. The Balaban J connectivity index is 2.45. The van der Waals surface area contributed by atoms with Crippen LogP contribution in [0.3, 0.4) is 0 Å². The van der Waals surface area contributed by atoms with Gasteiger partial charge in [-0.25, -0.2) is 0 Å². The van der Waals surface area contributed by atoms with Crippen LogP contribution in [0.15, 0.2) is 0 Å². The molecule has 6 heteroatoms. The highest BCUT2D eigenvalue weighted by Gasteiger charge is 2.30. The van der Waals surface area contributed by atoms with Gasteiger partial charge in [-0.2, -0.15) is 0 Å². The zero-order valence-corrected chi connectivity index (χ0v) is 11.4. The first kappa shape index (κ1) is 14.9. The van der Waals surface area contributed by atoms with Crippen molar-refractivity contribution in [3.8, 4) is 0 Å². The number of nitrogens with one attached hydrogen (secondary N) is 1. The molecule has 1 rings (SSSR count). The molecule has 2 amide bonds. The van der Waals surface area contributed by atoms with Crippen LogP contribution in [0.2, 0.25) is 0 Å². The topological polar surface area (TPSA) is 61.9 Å². The average Bonchev–Trinajstić information content (AvgIpc) is 2.33. The second-order valence-corrected chi connectivity index (χ2v) is 4.52. The molecule has 0 bridgehead atoms. The van der Waals surface area contributed by atoms with E-state index in [0.717, 1.165) is 6.54 Å². The molecule has 1 N–H and O–H groups in total. The molecule has 1 aliphatic rings. The van der Waals surface area contributed by atoms with Crippen molar-refractivity contribution in [1.29, 1.82) is 0 Å². The van der Waals surface area contributed by atoms with Crippen LogP contribution in [0.5, 0.6) is 0 Å². The lowest BCUT2D eigenvalue weighted by atomic mass is 10.1. The molecule has 0 aromatic heterocycles. The number of piperazine rings is 1. The lowest BCUT2D eigenvalue weighted by Gasteiger charge is -2.33. The highest BCUT2D eigenvalue weighted by molar-refractivity contribution is 5.88. The van der Waals surface area contributed by atoms with Crippen molar-refractivity contribution >= 4 is 11.8 Å². The molecular weight excluding hydrogens is 234 g/mol. The van der Waals surface area contributed by atoms with Crippen LogP contribution in [0.25, 0.3) is 0 Å². The third kappa shape index (κ3) is 4.27. The maximum Gasteiger partial charge on any atom is 0.240 e. The molecule has 1 fully saturated rings. The minimum Gasteiger partial charge on any atom is -0.380 e. The number of rotatable bonds is 6. The van der Waals surface area contributed by atoms with E-state index < -0.39 is 6.04 Å². The van der Waals surface area contributed by atoms with Crippen LogP contribution in [0.4, 0.5) is 0 Å². The van der Waals surface area contributed by atoms with Crippen LogP contribution in [-0.2, 0) is 14.3 Å². The van der Waals surface area contributed by atoms with E-state index in [-0.39, 0.29) is 18.2 Å². The minimum atomic E-state index is -0.393. The standard InChI is InChI=1S/C12H23N3O3/c1-4-18-8-7-15-6-5-13-10(12(15)17)9-11(16)14(2)3/h10,13H,4-9H2,1-3H3. The summed E-state index contributed by atoms with van der Waals surface area (Å²) in [6.07, 6.45) is 0.219. The Morgan fingerprint density at radius 2 is 2.28 bits per heavy atom. The Bertz CT molecular complexity index is 294. The van der Waals surface area contributed by atoms with Gasteiger partial charge in [0.15, 0.2) is 0 Å². The SMILES string of the molecule is CCOCCN1CCNC(CC(=O)N(C)C)C1=O. The predicted molar refractivity (Wildman–Crippen MR) is 68.2 cm³/mol. The third-order valence-corrected chi connectivity index (χ3v) is 2.97. The van der Waals surface area contributed by atoms with Gasteiger partial charge in [-0.15, -0.1) is 0 Å². The van der Waals surface area contributed by atoms with E-state index in [1.165, 1.54) is 4.90 Å². The van der Waals surface area contributed by atoms with E-state index in [1.807, 2.05) is 6.92 Å². The maximum atomic E-state index is 12.1. The summed E-state index contributed by atoms with van der Waals surface area (Å²) in [6, 6.07) is -0.393. The first-order chi connectivity index (χ1) is 8.56. The smallest absolute Gasteiger partial charge is 0.240 e. The number of hydrogen-bond acceptors (Lipinski definition) is 4. The molecule has 0 saturated carbocycles. The van der Waals surface area contributed by atoms with E-state index in [2.05, 4.69) is 5.32 Å². The van der Waals surface area contributed by atoms with Gasteiger partial charge >= 0.3 is 0 Å². The fourth-order valence-electron chi connectivity index (χ4n) is 1.85. The van der Waals surface area contributed by atoms with Gasteiger partial charge in [0.25, 0.3) is 0 Å². The van der Waals surface area contributed by atoms with Gasteiger partial charge in [0.2, 0.25) is 11.8 Å². The molecule has 1 aliphatic heterocycles. The summed E-state index contributed by atoms with van der Waals surface area (Å²) in [5.41, 5.74) is 0. The highest BCUT2D eigenvalue weighted by Crippen LogP contribution is 2.06. The van der Waals surface area contributed by atoms with Crippen molar-refractivity contribution in [1.82, 2.24) is 15.1 Å². The molecule has 0 aromatic carbocycles. The van der Waals surface area contributed by atoms with Crippen molar-refractivity contribution in [3.63, 3.8) is 0 Å². The van der Waals surface area contributed by atoms with Crippen LogP contribution < -0.4 is 5.32 Å². The Morgan fingerprint density at radius 3 is 2.89 bits per heavy atom. The van der Waals surface area contributed by atoms with Crippen LogP contribution in [0, 0.1) is 0 Å². The number of carbonyl (C=O) groups is 2. The zero-order valence-electron chi connectivity index (χ0n) is 11.4. The first-order valence-electron chi connectivity index (χ1n) is 6.36. The highest BCUT2D eigenvalue weighted by atomic mass is 16.5. The van der Waals surface area contributed by atoms with E-state index in [4.69, 9.17) is 4.74 Å². The molecule has 104 valence electrons. The molecule has 0 aliphatic carbocycles. The van der Waals surface area contributed by atoms with Crippen molar-refractivity contribution in [2.24, 2.45) is 0 Å². The maximum absolute atomic E-state index is 12.1. The van der Waals surface area contributed by atoms with Crippen LogP contribution in [-0.4, -0.2) is 74.6 Å². The summed E-state index contributed by atoms with van der Waals surface area (Å²) in [6.45, 7) is 5.14. The predicted octanol–water partition coefficient (Wildman–Crippen LogP) is -0.698. The van der Waals surface area contributed by atoms with Gasteiger partial charge in [-0.3, -0.25) is 9.59 Å². The number of amides is 2. The van der Waals surface area contributed by atoms with E-state index in [9.17, 15) is 9.59 Å². The molecule has 1 heterocycles. The number of carbonyl (C=O) groups excluding carboxylic acids is 2. The lowest BCUT2D eigenvalue weighted by Crippen LogP contribution is -2.56. The number of nitrogens with zero attached hydrogens (tertiary/aromatic N) is 2. The van der Waals surface area contributed by atoms with Crippen molar-refractivity contribution in [2.75, 3.05) is 46.9 Å². The number of hydrogen-bond donors (Lipinski definition) is 1.